The number of thiophene rings is 1. The summed E-state index contributed by atoms with van der Waals surface area (Å²) in [5, 5.41) is 8.69. The van der Waals surface area contributed by atoms with Crippen molar-refractivity contribution in [1.29, 1.82) is 0 Å². The van der Waals surface area contributed by atoms with Crippen molar-refractivity contribution in [1.82, 2.24) is 0 Å². The summed E-state index contributed by atoms with van der Waals surface area (Å²) in [6.45, 7) is 0.718. The van der Waals surface area contributed by atoms with Crippen LogP contribution in [0.25, 0.3) is 0 Å². The Morgan fingerprint density at radius 3 is 2.90 bits per heavy atom. The monoisotopic (exact) mass is 287 g/mol. The number of anilines is 1. The van der Waals surface area contributed by atoms with Crippen LogP contribution in [0.5, 0.6) is 5.75 Å². The van der Waals surface area contributed by atoms with Crippen molar-refractivity contribution in [3.8, 4) is 17.6 Å². The molecule has 104 valence electrons. The first-order chi connectivity index (χ1) is 9.72. The SMILES string of the molecule is COc1cccc(N(C)Cc2ccc(C#CCO)s2)c1. The Morgan fingerprint density at radius 1 is 1.30 bits per heavy atom. The molecule has 0 radical (unpaired) electrons. The van der Waals surface area contributed by atoms with Crippen LogP contribution in [-0.2, 0) is 6.54 Å². The van der Waals surface area contributed by atoms with Crippen molar-refractivity contribution < 1.29 is 9.84 Å². The van der Waals surface area contributed by atoms with Crippen LogP contribution >= 0.6 is 11.3 Å². The van der Waals surface area contributed by atoms with Gasteiger partial charge >= 0.3 is 0 Å². The maximum Gasteiger partial charge on any atom is 0.120 e. The third-order valence-electron chi connectivity index (χ3n) is 2.84. The molecule has 0 spiro atoms. The van der Waals surface area contributed by atoms with E-state index in [2.05, 4.69) is 28.9 Å². The standard InChI is InChI=1S/C16H17NO2S/c1-17(13-5-3-6-14(11-13)19-2)12-16-9-8-15(20-16)7-4-10-18/h3,5-6,8-9,11,18H,10,12H2,1-2H3. The minimum atomic E-state index is -0.100. The molecule has 0 bridgehead atoms. The maximum absolute atomic E-state index is 8.69. The van der Waals surface area contributed by atoms with Gasteiger partial charge in [0.1, 0.15) is 12.4 Å². The number of benzene rings is 1. The number of hydrogen-bond acceptors (Lipinski definition) is 4. The van der Waals surface area contributed by atoms with Gasteiger partial charge in [-0.15, -0.1) is 11.3 Å². The predicted octanol–water partition coefficient (Wildman–Crippen LogP) is 2.74. The Labute approximate surface area is 123 Å². The summed E-state index contributed by atoms with van der Waals surface area (Å²) in [7, 11) is 3.72. The molecular formula is C16H17NO2S. The molecule has 0 aliphatic carbocycles. The lowest BCUT2D eigenvalue weighted by Gasteiger charge is -2.18. The van der Waals surface area contributed by atoms with Crippen molar-refractivity contribution in [2.75, 3.05) is 25.7 Å². The zero-order valence-electron chi connectivity index (χ0n) is 11.6. The molecule has 1 heterocycles. The van der Waals surface area contributed by atoms with Gasteiger partial charge in [-0.25, -0.2) is 0 Å². The van der Waals surface area contributed by atoms with E-state index >= 15 is 0 Å². The summed E-state index contributed by atoms with van der Waals surface area (Å²) in [6, 6.07) is 12.1. The molecule has 4 heteroatoms. The molecule has 2 aromatic rings. The lowest BCUT2D eigenvalue weighted by atomic mass is 10.2. The lowest BCUT2D eigenvalue weighted by Crippen LogP contribution is -2.15. The molecule has 0 saturated carbocycles. The van der Waals surface area contributed by atoms with E-state index in [9.17, 15) is 0 Å². The van der Waals surface area contributed by atoms with Crippen LogP contribution in [-0.4, -0.2) is 25.9 Å². The number of aliphatic hydroxyl groups excluding tert-OH is 1. The van der Waals surface area contributed by atoms with Gasteiger partial charge in [0.2, 0.25) is 0 Å². The van der Waals surface area contributed by atoms with E-state index in [1.165, 1.54) is 4.88 Å². The Hall–Kier alpha value is -1.96. The highest BCUT2D eigenvalue weighted by Crippen LogP contribution is 2.23. The molecule has 2 rings (SSSR count). The molecule has 0 atom stereocenters. The summed E-state index contributed by atoms with van der Waals surface area (Å²) in [5.74, 6) is 6.45. The molecular weight excluding hydrogens is 270 g/mol. The van der Waals surface area contributed by atoms with Crippen molar-refractivity contribution >= 4 is 17.0 Å². The smallest absolute Gasteiger partial charge is 0.120 e. The van der Waals surface area contributed by atoms with Gasteiger partial charge in [-0.1, -0.05) is 17.9 Å². The third kappa shape index (κ3) is 3.77. The van der Waals surface area contributed by atoms with Gasteiger partial charge in [0, 0.05) is 23.7 Å². The molecule has 0 amide bonds. The Kier molecular flexibility index (Phi) is 5.05. The molecule has 0 aliphatic rings. The zero-order valence-corrected chi connectivity index (χ0v) is 12.4. The van der Waals surface area contributed by atoms with Gasteiger partial charge < -0.3 is 14.7 Å². The fourth-order valence-electron chi connectivity index (χ4n) is 1.83. The van der Waals surface area contributed by atoms with Gasteiger partial charge in [-0.3, -0.25) is 0 Å². The van der Waals surface area contributed by atoms with Crippen LogP contribution in [0, 0.1) is 11.8 Å². The summed E-state index contributed by atoms with van der Waals surface area (Å²) >= 11 is 1.65. The van der Waals surface area contributed by atoms with Crippen molar-refractivity contribution in [3.05, 3.63) is 46.2 Å². The minimum Gasteiger partial charge on any atom is -0.497 e. The van der Waals surface area contributed by atoms with Gasteiger partial charge in [-0.2, -0.15) is 0 Å². The van der Waals surface area contributed by atoms with E-state index < -0.39 is 0 Å². The second-order valence-corrected chi connectivity index (χ2v) is 5.45. The number of aliphatic hydroxyl groups is 1. The fourth-order valence-corrected chi connectivity index (χ4v) is 2.77. The first kappa shape index (κ1) is 14.4. The number of hydrogen-bond donors (Lipinski definition) is 1. The fraction of sp³-hybridized carbons (Fsp3) is 0.250. The van der Waals surface area contributed by atoms with Crippen molar-refractivity contribution in [2.45, 2.75) is 6.54 Å². The lowest BCUT2D eigenvalue weighted by molar-refractivity contribution is 0.350. The Morgan fingerprint density at radius 2 is 2.15 bits per heavy atom. The van der Waals surface area contributed by atoms with Gasteiger partial charge in [-0.05, 0) is 24.3 Å². The number of methoxy groups -OCH3 is 1. The van der Waals surface area contributed by atoms with Gasteiger partial charge in [0.25, 0.3) is 0 Å². The van der Waals surface area contributed by atoms with E-state index in [0.29, 0.717) is 0 Å². The molecule has 1 aromatic carbocycles. The van der Waals surface area contributed by atoms with E-state index in [-0.39, 0.29) is 6.61 Å². The van der Waals surface area contributed by atoms with Crippen molar-refractivity contribution in [3.63, 3.8) is 0 Å². The molecule has 3 nitrogen and oxygen atoms in total. The second kappa shape index (κ2) is 6.99. The molecule has 0 saturated heterocycles. The summed E-state index contributed by atoms with van der Waals surface area (Å²) < 4.78 is 5.24. The van der Waals surface area contributed by atoms with Gasteiger partial charge in [0.15, 0.2) is 0 Å². The van der Waals surface area contributed by atoms with Crippen LogP contribution in [0.1, 0.15) is 9.75 Å². The zero-order chi connectivity index (χ0) is 14.4. The first-order valence-corrected chi connectivity index (χ1v) is 7.08. The van der Waals surface area contributed by atoms with Crippen LogP contribution in [0.3, 0.4) is 0 Å². The average Bonchev–Trinajstić information content (AvgIpc) is 2.92. The van der Waals surface area contributed by atoms with E-state index in [0.717, 1.165) is 22.9 Å². The summed E-state index contributed by atoms with van der Waals surface area (Å²) in [4.78, 5) is 4.38. The van der Waals surface area contributed by atoms with E-state index in [4.69, 9.17) is 9.84 Å². The molecule has 0 fully saturated rings. The highest BCUT2D eigenvalue weighted by Gasteiger charge is 2.05. The Balaban J connectivity index is 2.06. The van der Waals surface area contributed by atoms with Gasteiger partial charge in [0.05, 0.1) is 18.5 Å². The Bertz CT molecular complexity index is 625. The second-order valence-electron chi connectivity index (χ2n) is 4.28. The number of rotatable bonds is 4. The van der Waals surface area contributed by atoms with Crippen LogP contribution in [0.2, 0.25) is 0 Å². The highest BCUT2D eigenvalue weighted by molar-refractivity contribution is 7.12. The van der Waals surface area contributed by atoms with E-state index in [1.807, 2.05) is 31.3 Å². The number of ether oxygens (including phenoxy) is 1. The average molecular weight is 287 g/mol. The molecule has 1 N–H and O–H groups in total. The molecule has 0 aliphatic heterocycles. The van der Waals surface area contributed by atoms with Crippen LogP contribution in [0.15, 0.2) is 36.4 Å². The molecule has 20 heavy (non-hydrogen) atoms. The third-order valence-corrected chi connectivity index (χ3v) is 3.82. The normalized spacial score (nSPS) is 9.75. The minimum absolute atomic E-state index is 0.100. The quantitative estimate of drug-likeness (QED) is 0.878. The van der Waals surface area contributed by atoms with Crippen molar-refractivity contribution in [2.24, 2.45) is 0 Å². The summed E-state index contributed by atoms with van der Waals surface area (Å²) in [5.41, 5.74) is 1.11. The molecule has 0 unspecified atom stereocenters. The topological polar surface area (TPSA) is 32.7 Å². The summed E-state index contributed by atoms with van der Waals surface area (Å²) in [6.07, 6.45) is 0. The molecule has 1 aromatic heterocycles. The first-order valence-electron chi connectivity index (χ1n) is 6.26. The predicted molar refractivity (Wildman–Crippen MR) is 83.4 cm³/mol. The van der Waals surface area contributed by atoms with E-state index in [1.54, 1.807) is 18.4 Å². The van der Waals surface area contributed by atoms with Crippen LogP contribution in [0.4, 0.5) is 5.69 Å². The van der Waals surface area contributed by atoms with Crippen LogP contribution < -0.4 is 9.64 Å². The highest BCUT2D eigenvalue weighted by atomic mass is 32.1. The largest absolute Gasteiger partial charge is 0.497 e. The maximum atomic E-state index is 8.69. The number of nitrogens with zero attached hydrogens (tertiary/aromatic N) is 1.